The van der Waals surface area contributed by atoms with E-state index in [-0.39, 0.29) is 43.2 Å². The summed E-state index contributed by atoms with van der Waals surface area (Å²) >= 11 is 0.892. The van der Waals surface area contributed by atoms with Crippen LogP contribution >= 0.6 is 11.8 Å². The van der Waals surface area contributed by atoms with Gasteiger partial charge in [-0.3, -0.25) is 4.79 Å². The Morgan fingerprint density at radius 2 is 1.76 bits per heavy atom. The largest absolute Gasteiger partial charge is 0.394 e. The average molecular weight is 661 g/mol. The number of benzene rings is 1. The van der Waals surface area contributed by atoms with Crippen molar-refractivity contribution < 1.29 is 52.6 Å². The van der Waals surface area contributed by atoms with E-state index in [0.717, 1.165) is 47.8 Å². The van der Waals surface area contributed by atoms with Crippen LogP contribution in [0.15, 0.2) is 18.3 Å². The van der Waals surface area contributed by atoms with Crippen LogP contribution in [0.4, 0.5) is 13.2 Å². The molecule has 4 heterocycles. The highest BCUT2D eigenvalue weighted by molar-refractivity contribution is 8.01. The smallest absolute Gasteiger partial charge is 0.238 e. The summed E-state index contributed by atoms with van der Waals surface area (Å²) in [5.74, 6) is -4.45. The minimum atomic E-state index is -1.64. The first-order valence-electron chi connectivity index (χ1n) is 15.0. The lowest BCUT2D eigenvalue weighted by Crippen LogP contribution is -2.58. The van der Waals surface area contributed by atoms with Gasteiger partial charge < -0.3 is 39.5 Å². The van der Waals surface area contributed by atoms with Crippen LogP contribution in [0.3, 0.4) is 0 Å². The van der Waals surface area contributed by atoms with Crippen molar-refractivity contribution in [1.82, 2.24) is 19.9 Å². The van der Waals surface area contributed by atoms with E-state index in [9.17, 15) is 38.4 Å². The zero-order valence-electron chi connectivity index (χ0n) is 24.8. The molecule has 3 saturated heterocycles. The van der Waals surface area contributed by atoms with Gasteiger partial charge in [-0.25, -0.2) is 17.9 Å². The lowest BCUT2D eigenvalue weighted by atomic mass is 9.89. The predicted octanol–water partition coefficient (Wildman–Crippen LogP) is 1.26. The Morgan fingerprint density at radius 1 is 1.11 bits per heavy atom. The molecule has 1 amide bonds. The number of aliphatic hydroxyl groups is 4. The van der Waals surface area contributed by atoms with E-state index in [1.165, 1.54) is 6.20 Å². The van der Waals surface area contributed by atoms with E-state index in [0.29, 0.717) is 25.7 Å². The number of thioether (sulfide) groups is 1. The topological polar surface area (TPSA) is 160 Å². The molecule has 12 nitrogen and oxygen atoms in total. The molecule has 5 rings (SSSR count). The normalized spacial score (nSPS) is 28.1. The minimum absolute atomic E-state index is 0.0702. The summed E-state index contributed by atoms with van der Waals surface area (Å²) < 4.78 is 59.1. The zero-order valence-corrected chi connectivity index (χ0v) is 25.6. The maximum absolute atomic E-state index is 13.9. The quantitative estimate of drug-likeness (QED) is 0.272. The van der Waals surface area contributed by atoms with Gasteiger partial charge in [0.15, 0.2) is 17.5 Å². The number of hydrogen-bond donors (Lipinski definition) is 4. The van der Waals surface area contributed by atoms with Crippen LogP contribution in [0, 0.1) is 23.4 Å². The molecule has 6 atom stereocenters. The molecular formula is C29H39F3N4O8S. The second-order valence-electron chi connectivity index (χ2n) is 11.9. The number of carbonyl (C=O) groups excluding carboxylic acids is 1. The van der Waals surface area contributed by atoms with Crippen molar-refractivity contribution in [1.29, 1.82) is 0 Å². The molecule has 4 N–H and O–H groups in total. The monoisotopic (exact) mass is 660 g/mol. The SMILES string of the molecule is CN(CCC1CCOCC1)C(=O)C(S[C@@H]1O[C@H](CO)[C@H](O)[C@H](n2cc(-c3cc(F)c(F)c(F)c3)nn2)[C@H]1O)C1(O)CCOCC1. The Morgan fingerprint density at radius 3 is 2.40 bits per heavy atom. The number of rotatable bonds is 10. The molecule has 0 spiro atoms. The molecule has 0 radical (unpaired) electrons. The van der Waals surface area contributed by atoms with Crippen molar-refractivity contribution in [2.75, 3.05) is 46.6 Å². The number of nitrogens with zero attached hydrogens (tertiary/aromatic N) is 4. The van der Waals surface area contributed by atoms with Gasteiger partial charge in [0.2, 0.25) is 5.91 Å². The second kappa shape index (κ2) is 14.6. The first kappa shape index (κ1) is 34.0. The van der Waals surface area contributed by atoms with Crippen LogP contribution < -0.4 is 0 Å². The maximum atomic E-state index is 13.9. The fourth-order valence-corrected chi connectivity index (χ4v) is 7.59. The molecule has 2 aromatic rings. The third-order valence-electron chi connectivity index (χ3n) is 8.87. The third kappa shape index (κ3) is 7.48. The van der Waals surface area contributed by atoms with Crippen molar-refractivity contribution >= 4 is 17.7 Å². The summed E-state index contributed by atoms with van der Waals surface area (Å²) in [5, 5.41) is 51.0. The Bertz CT molecular complexity index is 1290. The van der Waals surface area contributed by atoms with E-state index in [2.05, 4.69) is 10.3 Å². The third-order valence-corrected chi connectivity index (χ3v) is 10.4. The molecule has 3 fully saturated rings. The summed E-state index contributed by atoms with van der Waals surface area (Å²) in [6.45, 7) is 1.62. The fraction of sp³-hybridized carbons (Fsp3) is 0.690. The van der Waals surface area contributed by atoms with Crippen molar-refractivity contribution in [2.45, 2.75) is 72.7 Å². The summed E-state index contributed by atoms with van der Waals surface area (Å²) in [6, 6.07) is 0.195. The number of ether oxygens (including phenoxy) is 3. The highest BCUT2D eigenvalue weighted by Crippen LogP contribution is 2.42. The Kier molecular flexibility index (Phi) is 11.1. The van der Waals surface area contributed by atoms with Crippen LogP contribution in [0.1, 0.15) is 38.1 Å². The molecule has 1 aromatic heterocycles. The van der Waals surface area contributed by atoms with Gasteiger partial charge in [-0.2, -0.15) is 0 Å². The molecule has 0 aliphatic carbocycles. The van der Waals surface area contributed by atoms with Crippen LogP contribution in [0.5, 0.6) is 0 Å². The van der Waals surface area contributed by atoms with Crippen molar-refractivity contribution in [3.63, 3.8) is 0 Å². The molecule has 3 aliphatic rings. The lowest BCUT2D eigenvalue weighted by Gasteiger charge is -2.45. The van der Waals surface area contributed by atoms with Gasteiger partial charge >= 0.3 is 0 Å². The van der Waals surface area contributed by atoms with Gasteiger partial charge in [0.25, 0.3) is 0 Å². The van der Waals surface area contributed by atoms with Crippen molar-refractivity contribution in [2.24, 2.45) is 5.92 Å². The Hall–Kier alpha value is -2.31. The van der Waals surface area contributed by atoms with Gasteiger partial charge in [-0.1, -0.05) is 5.21 Å². The van der Waals surface area contributed by atoms with Crippen LogP contribution in [0.2, 0.25) is 0 Å². The first-order valence-corrected chi connectivity index (χ1v) is 15.9. The number of hydrogen-bond acceptors (Lipinski definition) is 11. The number of carbonyl (C=O) groups is 1. The minimum Gasteiger partial charge on any atom is -0.394 e. The number of aliphatic hydroxyl groups excluding tert-OH is 3. The van der Waals surface area contributed by atoms with E-state index in [4.69, 9.17) is 14.2 Å². The van der Waals surface area contributed by atoms with Crippen molar-refractivity contribution in [3.8, 4) is 11.3 Å². The Labute approximate surface area is 262 Å². The fourth-order valence-electron chi connectivity index (χ4n) is 6.01. The number of amides is 1. The molecule has 3 aliphatic heterocycles. The molecule has 16 heteroatoms. The van der Waals surface area contributed by atoms with Gasteiger partial charge in [-0.15, -0.1) is 16.9 Å². The summed E-state index contributed by atoms with van der Waals surface area (Å²) in [6.07, 6.45) is -0.158. The van der Waals surface area contributed by atoms with Crippen LogP contribution in [-0.4, -0.2) is 127 Å². The zero-order chi connectivity index (χ0) is 32.3. The van der Waals surface area contributed by atoms with E-state index >= 15 is 0 Å². The highest BCUT2D eigenvalue weighted by atomic mass is 32.2. The first-order chi connectivity index (χ1) is 21.5. The Balaban J connectivity index is 1.38. The van der Waals surface area contributed by atoms with E-state index in [1.807, 2.05) is 0 Å². The van der Waals surface area contributed by atoms with Gasteiger partial charge in [0, 0.05) is 58.4 Å². The average Bonchev–Trinajstić information content (AvgIpc) is 3.52. The van der Waals surface area contributed by atoms with E-state index in [1.54, 1.807) is 11.9 Å². The second-order valence-corrected chi connectivity index (χ2v) is 13.1. The van der Waals surface area contributed by atoms with Crippen molar-refractivity contribution in [3.05, 3.63) is 35.8 Å². The number of aromatic nitrogens is 3. The molecule has 0 saturated carbocycles. The molecule has 1 aromatic carbocycles. The summed E-state index contributed by atoms with van der Waals surface area (Å²) in [5.41, 5.74) is -2.92. The molecule has 0 bridgehead atoms. The molecule has 45 heavy (non-hydrogen) atoms. The van der Waals surface area contributed by atoms with Crippen LogP contribution in [-0.2, 0) is 19.0 Å². The number of halogens is 3. The predicted molar refractivity (Wildman–Crippen MR) is 154 cm³/mol. The standard InChI is InChI=1S/C29H39F3N4O8S/c1-35(7-2-16-3-8-42-9-4-16)27(40)26(29(41)5-10-43-11-6-29)45-28-25(39)23(24(38)21(15-37)44-28)36-14-20(33-34-36)17-12-18(30)22(32)19(31)13-17/h12-14,16,21,23-26,28,37-39,41H,2-11,15H2,1H3/t21-,23+,24+,25-,26?,28+/m1/s1. The van der Waals surface area contributed by atoms with Crippen LogP contribution in [0.25, 0.3) is 11.3 Å². The highest BCUT2D eigenvalue weighted by Gasteiger charge is 2.51. The molecule has 1 unspecified atom stereocenters. The van der Waals surface area contributed by atoms with Gasteiger partial charge in [0.1, 0.15) is 40.7 Å². The maximum Gasteiger partial charge on any atom is 0.238 e. The summed E-state index contributed by atoms with van der Waals surface area (Å²) in [4.78, 5) is 15.5. The summed E-state index contributed by atoms with van der Waals surface area (Å²) in [7, 11) is 1.66. The molecular weight excluding hydrogens is 621 g/mol. The molecule has 250 valence electrons. The van der Waals surface area contributed by atoms with Gasteiger partial charge in [-0.05, 0) is 37.3 Å². The van der Waals surface area contributed by atoms with E-state index < -0.39 is 64.7 Å². The van der Waals surface area contributed by atoms with Gasteiger partial charge in [0.05, 0.1) is 18.4 Å². The lowest BCUT2D eigenvalue weighted by molar-refractivity contribution is -0.179.